The zero-order chi connectivity index (χ0) is 14.0. The molecule has 1 aromatic carbocycles. The van der Waals surface area contributed by atoms with Crippen LogP contribution in [-0.4, -0.2) is 44.7 Å². The van der Waals surface area contributed by atoms with Crippen LogP contribution in [0.4, 0.5) is 14.5 Å². The fraction of sp³-hybridized carbons (Fsp3) is 0.500. The number of nitrogens with zero attached hydrogens (tertiary/aromatic N) is 2. The van der Waals surface area contributed by atoms with Gasteiger partial charge in [0.2, 0.25) is 10.0 Å². The van der Waals surface area contributed by atoms with E-state index in [9.17, 15) is 17.2 Å². The topological polar surface area (TPSA) is 40.6 Å². The number of sulfonamides is 1. The van der Waals surface area contributed by atoms with Crippen molar-refractivity contribution < 1.29 is 17.2 Å². The van der Waals surface area contributed by atoms with Crippen molar-refractivity contribution >= 4 is 15.7 Å². The normalized spacial score (nSPS) is 17.7. The summed E-state index contributed by atoms with van der Waals surface area (Å²) < 4.78 is 51.2. The molecule has 7 heteroatoms. The summed E-state index contributed by atoms with van der Waals surface area (Å²) in [4.78, 5) is 1.73. The SMILES string of the molecule is CCS(=O)(=O)N1CCN(c2ccc(F)cc2F)CC1. The molecule has 1 saturated heterocycles. The highest BCUT2D eigenvalue weighted by Crippen LogP contribution is 2.22. The number of benzene rings is 1. The first-order chi connectivity index (χ1) is 8.94. The van der Waals surface area contributed by atoms with Crippen LogP contribution in [0.1, 0.15) is 6.92 Å². The van der Waals surface area contributed by atoms with Gasteiger partial charge in [-0.05, 0) is 19.1 Å². The second-order valence-electron chi connectivity index (χ2n) is 4.38. The first-order valence-corrected chi connectivity index (χ1v) is 7.73. The molecule has 4 nitrogen and oxygen atoms in total. The van der Waals surface area contributed by atoms with Crippen LogP contribution in [0.25, 0.3) is 0 Å². The third-order valence-electron chi connectivity index (χ3n) is 3.25. The number of hydrogen-bond acceptors (Lipinski definition) is 3. The van der Waals surface area contributed by atoms with Crippen molar-refractivity contribution in [2.45, 2.75) is 6.92 Å². The van der Waals surface area contributed by atoms with Gasteiger partial charge in [0.1, 0.15) is 11.6 Å². The van der Waals surface area contributed by atoms with E-state index in [1.54, 1.807) is 11.8 Å². The molecule has 1 aromatic rings. The van der Waals surface area contributed by atoms with Gasteiger partial charge in [0, 0.05) is 32.2 Å². The van der Waals surface area contributed by atoms with Crippen molar-refractivity contribution in [1.29, 1.82) is 0 Å². The maximum atomic E-state index is 13.6. The first-order valence-electron chi connectivity index (χ1n) is 6.12. The molecule has 0 aliphatic carbocycles. The van der Waals surface area contributed by atoms with Crippen LogP contribution in [0.3, 0.4) is 0 Å². The first kappa shape index (κ1) is 14.2. The van der Waals surface area contributed by atoms with Crippen LogP contribution in [0, 0.1) is 11.6 Å². The fourth-order valence-electron chi connectivity index (χ4n) is 2.13. The average molecular weight is 290 g/mol. The second-order valence-corrected chi connectivity index (χ2v) is 6.64. The van der Waals surface area contributed by atoms with E-state index in [1.165, 1.54) is 16.4 Å². The molecule has 0 N–H and O–H groups in total. The molecule has 0 aromatic heterocycles. The van der Waals surface area contributed by atoms with Gasteiger partial charge in [0.05, 0.1) is 11.4 Å². The molecule has 0 radical (unpaired) electrons. The third kappa shape index (κ3) is 3.03. The van der Waals surface area contributed by atoms with Gasteiger partial charge in [-0.3, -0.25) is 0 Å². The van der Waals surface area contributed by atoms with Gasteiger partial charge in [-0.1, -0.05) is 0 Å². The van der Waals surface area contributed by atoms with E-state index in [1.807, 2.05) is 0 Å². The number of halogens is 2. The lowest BCUT2D eigenvalue weighted by atomic mass is 10.2. The lowest BCUT2D eigenvalue weighted by Gasteiger charge is -2.35. The van der Waals surface area contributed by atoms with Gasteiger partial charge in [-0.25, -0.2) is 17.2 Å². The number of piperazine rings is 1. The molecule has 1 fully saturated rings. The molecule has 1 aliphatic rings. The van der Waals surface area contributed by atoms with Crippen molar-refractivity contribution in [1.82, 2.24) is 4.31 Å². The van der Waals surface area contributed by atoms with Crippen LogP contribution < -0.4 is 4.90 Å². The van der Waals surface area contributed by atoms with E-state index < -0.39 is 21.7 Å². The van der Waals surface area contributed by atoms with Crippen LogP contribution >= 0.6 is 0 Å². The molecule has 0 saturated carbocycles. The Morgan fingerprint density at radius 1 is 1.16 bits per heavy atom. The summed E-state index contributed by atoms with van der Waals surface area (Å²) in [7, 11) is -3.19. The van der Waals surface area contributed by atoms with E-state index in [2.05, 4.69) is 0 Å². The summed E-state index contributed by atoms with van der Waals surface area (Å²) in [5.41, 5.74) is 0.315. The molecule has 0 amide bonds. The third-order valence-corrected chi connectivity index (χ3v) is 5.13. The quantitative estimate of drug-likeness (QED) is 0.845. The summed E-state index contributed by atoms with van der Waals surface area (Å²) in [6, 6.07) is 3.42. The Kier molecular flexibility index (Phi) is 4.05. The minimum absolute atomic E-state index is 0.0674. The number of rotatable bonds is 3. The highest BCUT2D eigenvalue weighted by molar-refractivity contribution is 7.89. The van der Waals surface area contributed by atoms with E-state index in [-0.39, 0.29) is 5.75 Å². The molecule has 1 heterocycles. The lowest BCUT2D eigenvalue weighted by molar-refractivity contribution is 0.383. The molecule has 0 unspecified atom stereocenters. The molecule has 106 valence electrons. The van der Waals surface area contributed by atoms with Gasteiger partial charge in [-0.15, -0.1) is 0 Å². The zero-order valence-electron chi connectivity index (χ0n) is 10.6. The smallest absolute Gasteiger partial charge is 0.213 e. The van der Waals surface area contributed by atoms with E-state index in [4.69, 9.17) is 0 Å². The van der Waals surface area contributed by atoms with E-state index in [0.29, 0.717) is 31.9 Å². The Labute approximate surface area is 111 Å². The Balaban J connectivity index is 2.08. The van der Waals surface area contributed by atoms with Crippen molar-refractivity contribution in [3.63, 3.8) is 0 Å². The molecule has 0 spiro atoms. The van der Waals surface area contributed by atoms with Crippen LogP contribution in [0.15, 0.2) is 18.2 Å². The van der Waals surface area contributed by atoms with Gasteiger partial charge in [0.25, 0.3) is 0 Å². The maximum absolute atomic E-state index is 13.6. The molecule has 0 bridgehead atoms. The minimum Gasteiger partial charge on any atom is -0.367 e. The van der Waals surface area contributed by atoms with Crippen molar-refractivity contribution in [3.05, 3.63) is 29.8 Å². The Bertz CT molecular complexity index is 555. The highest BCUT2D eigenvalue weighted by atomic mass is 32.2. The van der Waals surface area contributed by atoms with Gasteiger partial charge < -0.3 is 4.90 Å². The molecule has 0 atom stereocenters. The van der Waals surface area contributed by atoms with Gasteiger partial charge >= 0.3 is 0 Å². The van der Waals surface area contributed by atoms with Crippen molar-refractivity contribution in [2.75, 3.05) is 36.8 Å². The highest BCUT2D eigenvalue weighted by Gasteiger charge is 2.26. The Morgan fingerprint density at radius 3 is 2.32 bits per heavy atom. The predicted molar refractivity (Wildman–Crippen MR) is 69.6 cm³/mol. The molecule has 2 rings (SSSR count). The molecule has 19 heavy (non-hydrogen) atoms. The lowest BCUT2D eigenvalue weighted by Crippen LogP contribution is -2.49. The maximum Gasteiger partial charge on any atom is 0.213 e. The van der Waals surface area contributed by atoms with E-state index in [0.717, 1.165) is 6.07 Å². The molecular weight excluding hydrogens is 274 g/mol. The average Bonchev–Trinajstić information content (AvgIpc) is 2.39. The monoisotopic (exact) mass is 290 g/mol. The fourth-order valence-corrected chi connectivity index (χ4v) is 3.21. The second kappa shape index (κ2) is 5.42. The molecule has 1 aliphatic heterocycles. The van der Waals surface area contributed by atoms with E-state index >= 15 is 0 Å². The zero-order valence-corrected chi connectivity index (χ0v) is 11.5. The van der Waals surface area contributed by atoms with Crippen molar-refractivity contribution in [3.8, 4) is 0 Å². The minimum atomic E-state index is -3.19. The Morgan fingerprint density at radius 2 is 1.79 bits per heavy atom. The van der Waals surface area contributed by atoms with Gasteiger partial charge in [0.15, 0.2) is 0 Å². The number of anilines is 1. The number of hydrogen-bond donors (Lipinski definition) is 0. The summed E-state index contributed by atoms with van der Waals surface area (Å²) in [6.07, 6.45) is 0. The largest absolute Gasteiger partial charge is 0.367 e. The molecular formula is C12H16F2N2O2S. The summed E-state index contributed by atoms with van der Waals surface area (Å²) in [6.45, 7) is 3.06. The summed E-state index contributed by atoms with van der Waals surface area (Å²) in [5, 5.41) is 0. The van der Waals surface area contributed by atoms with Gasteiger partial charge in [-0.2, -0.15) is 4.31 Å². The standard InChI is InChI=1S/C12H16F2N2O2S/c1-2-19(17,18)16-7-5-15(6-8-16)12-4-3-10(13)9-11(12)14/h3-4,9H,2,5-8H2,1H3. The van der Waals surface area contributed by atoms with Crippen LogP contribution in [0.2, 0.25) is 0 Å². The van der Waals surface area contributed by atoms with Crippen LogP contribution in [-0.2, 0) is 10.0 Å². The summed E-state index contributed by atoms with van der Waals surface area (Å²) in [5.74, 6) is -1.17. The summed E-state index contributed by atoms with van der Waals surface area (Å²) >= 11 is 0. The predicted octanol–water partition coefficient (Wildman–Crippen LogP) is 1.44. The Hall–Kier alpha value is -1.21. The van der Waals surface area contributed by atoms with Crippen LogP contribution in [0.5, 0.6) is 0 Å². The van der Waals surface area contributed by atoms with Crippen molar-refractivity contribution in [2.24, 2.45) is 0 Å².